The van der Waals surface area contributed by atoms with Gasteiger partial charge in [0.2, 0.25) is 0 Å². The van der Waals surface area contributed by atoms with Gasteiger partial charge >= 0.3 is 26.2 Å². The van der Waals surface area contributed by atoms with E-state index in [9.17, 15) is 0 Å². The predicted octanol–water partition coefficient (Wildman–Crippen LogP) is 2.52. The zero-order chi connectivity index (χ0) is 6.57. The summed E-state index contributed by atoms with van der Waals surface area (Å²) in [6.07, 6.45) is 6.07. The summed E-state index contributed by atoms with van der Waals surface area (Å²) in [6.45, 7) is 7.89. The molecule has 0 spiro atoms. The SMILES string of the molecule is C[C-]=C(C)C(C)=[C-]C.[Zr+2]. The van der Waals surface area contributed by atoms with Crippen LogP contribution >= 0.6 is 0 Å². The van der Waals surface area contributed by atoms with Crippen LogP contribution in [0.3, 0.4) is 0 Å². The first-order valence-corrected chi connectivity index (χ1v) is 2.75. The molecule has 1 heteroatoms. The molecule has 0 aromatic heterocycles. The summed E-state index contributed by atoms with van der Waals surface area (Å²) in [7, 11) is 0. The Morgan fingerprint density at radius 2 is 1.11 bits per heavy atom. The van der Waals surface area contributed by atoms with E-state index in [1.54, 1.807) is 0 Å². The van der Waals surface area contributed by atoms with Crippen LogP contribution in [0.4, 0.5) is 0 Å². The third-order valence-electron chi connectivity index (χ3n) is 1.31. The summed E-state index contributed by atoms with van der Waals surface area (Å²) in [5.41, 5.74) is 2.38. The zero-order valence-corrected chi connectivity index (χ0v) is 8.96. The molecule has 0 amide bonds. The van der Waals surface area contributed by atoms with Gasteiger partial charge < -0.3 is 23.3 Å². The standard InChI is InChI=1S/C8H12.Zr/c1-5-7(3)8(4)6-2;/h1-4H3;/q-2;+2. The van der Waals surface area contributed by atoms with Gasteiger partial charge in [-0.15, -0.1) is 27.7 Å². The Labute approximate surface area is 77.2 Å². The summed E-state index contributed by atoms with van der Waals surface area (Å²) < 4.78 is 0. The van der Waals surface area contributed by atoms with Crippen molar-refractivity contribution < 1.29 is 26.2 Å². The second kappa shape index (κ2) is 6.48. The van der Waals surface area contributed by atoms with Gasteiger partial charge in [-0.1, -0.05) is 0 Å². The van der Waals surface area contributed by atoms with E-state index in [1.165, 1.54) is 11.1 Å². The van der Waals surface area contributed by atoms with E-state index < -0.39 is 0 Å². The number of allylic oxidation sites excluding steroid dienone is 4. The van der Waals surface area contributed by atoms with Crippen molar-refractivity contribution in [3.05, 3.63) is 23.3 Å². The van der Waals surface area contributed by atoms with Gasteiger partial charge in [0.1, 0.15) is 0 Å². The van der Waals surface area contributed by atoms with Crippen LogP contribution < -0.4 is 0 Å². The minimum atomic E-state index is 0. The molecule has 0 aliphatic heterocycles. The van der Waals surface area contributed by atoms with Crippen molar-refractivity contribution in [3.63, 3.8) is 0 Å². The molecule has 0 nitrogen and oxygen atoms in total. The van der Waals surface area contributed by atoms with Crippen LogP contribution in [-0.2, 0) is 26.2 Å². The Hall–Kier alpha value is 0.363. The van der Waals surface area contributed by atoms with Crippen molar-refractivity contribution in [1.29, 1.82) is 0 Å². The first kappa shape index (κ1) is 12.1. The Morgan fingerprint density at radius 3 is 1.22 bits per heavy atom. The minimum Gasteiger partial charge on any atom is -0.376 e. The second-order valence-corrected chi connectivity index (χ2v) is 1.75. The van der Waals surface area contributed by atoms with E-state index in [0.717, 1.165) is 0 Å². The fourth-order valence-electron chi connectivity index (χ4n) is 0.375. The molecule has 0 aromatic carbocycles. The Morgan fingerprint density at radius 1 is 0.889 bits per heavy atom. The molecule has 0 saturated heterocycles. The van der Waals surface area contributed by atoms with E-state index in [1.807, 2.05) is 27.7 Å². The summed E-state index contributed by atoms with van der Waals surface area (Å²) in [4.78, 5) is 0. The van der Waals surface area contributed by atoms with Crippen molar-refractivity contribution in [1.82, 2.24) is 0 Å². The maximum Gasteiger partial charge on any atom is 2.00 e. The topological polar surface area (TPSA) is 0 Å². The summed E-state index contributed by atoms with van der Waals surface area (Å²) >= 11 is 0. The molecule has 0 aliphatic carbocycles. The van der Waals surface area contributed by atoms with E-state index in [0.29, 0.717) is 0 Å². The van der Waals surface area contributed by atoms with Crippen molar-refractivity contribution in [3.8, 4) is 0 Å². The van der Waals surface area contributed by atoms with Crippen molar-refractivity contribution in [2.75, 3.05) is 0 Å². The van der Waals surface area contributed by atoms with Gasteiger partial charge in [-0.3, -0.25) is 0 Å². The molecule has 0 aromatic rings. The molecule has 0 radical (unpaired) electrons. The van der Waals surface area contributed by atoms with Gasteiger partial charge in [0, 0.05) is 0 Å². The van der Waals surface area contributed by atoms with Gasteiger partial charge in [-0.25, -0.2) is 0 Å². The van der Waals surface area contributed by atoms with E-state index in [-0.39, 0.29) is 26.2 Å². The van der Waals surface area contributed by atoms with Crippen molar-refractivity contribution >= 4 is 0 Å². The van der Waals surface area contributed by atoms with Crippen molar-refractivity contribution in [2.45, 2.75) is 27.7 Å². The van der Waals surface area contributed by atoms with E-state index in [2.05, 4.69) is 12.2 Å². The van der Waals surface area contributed by atoms with E-state index in [4.69, 9.17) is 0 Å². The molecule has 0 fully saturated rings. The van der Waals surface area contributed by atoms with Crippen LogP contribution in [0.15, 0.2) is 11.1 Å². The summed E-state index contributed by atoms with van der Waals surface area (Å²) in [5.74, 6) is 0. The fourth-order valence-corrected chi connectivity index (χ4v) is 0.375. The molecule has 0 atom stereocenters. The number of rotatable bonds is 1. The van der Waals surface area contributed by atoms with Gasteiger partial charge in [-0.2, -0.15) is 0 Å². The van der Waals surface area contributed by atoms with Crippen molar-refractivity contribution in [2.24, 2.45) is 0 Å². The Kier molecular flexibility index (Phi) is 8.70. The third kappa shape index (κ3) is 4.84. The first-order chi connectivity index (χ1) is 3.72. The van der Waals surface area contributed by atoms with Gasteiger partial charge in [0.05, 0.1) is 0 Å². The zero-order valence-electron chi connectivity index (χ0n) is 6.50. The molecule has 0 aliphatic rings. The van der Waals surface area contributed by atoms with Crippen LogP contribution in [-0.4, -0.2) is 0 Å². The molecular weight excluding hydrogens is 187 g/mol. The minimum absolute atomic E-state index is 0. The van der Waals surface area contributed by atoms with Crippen LogP contribution in [0.1, 0.15) is 27.7 Å². The molecule has 0 unspecified atom stereocenters. The average Bonchev–Trinajstić information content (AvgIpc) is 1.84. The quantitative estimate of drug-likeness (QED) is 0.450. The molecular formula is C8H12Zr. The maximum atomic E-state index is 3.03. The predicted molar refractivity (Wildman–Crippen MR) is 36.2 cm³/mol. The maximum absolute atomic E-state index is 3.03. The molecule has 9 heavy (non-hydrogen) atoms. The Balaban J connectivity index is 0. The monoisotopic (exact) mass is 198 g/mol. The fraction of sp³-hybridized carbons (Fsp3) is 0.500. The van der Waals surface area contributed by atoms with Crippen LogP contribution in [0.2, 0.25) is 0 Å². The molecule has 0 saturated carbocycles. The van der Waals surface area contributed by atoms with Crippen LogP contribution in [0, 0.1) is 12.2 Å². The molecule has 0 bridgehead atoms. The summed E-state index contributed by atoms with van der Waals surface area (Å²) in [6, 6.07) is 0. The van der Waals surface area contributed by atoms with E-state index >= 15 is 0 Å². The smallest absolute Gasteiger partial charge is 0.376 e. The third-order valence-corrected chi connectivity index (χ3v) is 1.31. The van der Waals surface area contributed by atoms with Gasteiger partial charge in [0.25, 0.3) is 0 Å². The number of hydrogen-bond acceptors (Lipinski definition) is 0. The molecule has 0 rings (SSSR count). The van der Waals surface area contributed by atoms with Crippen LogP contribution in [0.25, 0.3) is 0 Å². The first-order valence-electron chi connectivity index (χ1n) is 2.75. The normalized spacial score (nSPS) is 12.9. The van der Waals surface area contributed by atoms with Crippen LogP contribution in [0.5, 0.6) is 0 Å². The molecule has 0 N–H and O–H groups in total. The Bertz CT molecular complexity index is 105. The largest absolute Gasteiger partial charge is 2.00 e. The molecule has 0 heterocycles. The average molecular weight is 199 g/mol. The van der Waals surface area contributed by atoms with Gasteiger partial charge in [-0.05, 0) is 0 Å². The summed E-state index contributed by atoms with van der Waals surface area (Å²) in [5, 5.41) is 0. The molecule has 48 valence electrons. The van der Waals surface area contributed by atoms with Gasteiger partial charge in [0.15, 0.2) is 0 Å². The number of hydrogen-bond donors (Lipinski definition) is 0. The second-order valence-electron chi connectivity index (χ2n) is 1.75.